The maximum Gasteiger partial charge on any atom is 0.361 e. The van der Waals surface area contributed by atoms with E-state index in [0.29, 0.717) is 13.2 Å². The predicted octanol–water partition coefficient (Wildman–Crippen LogP) is 2.72. The molecule has 0 atom stereocenters. The number of hydrogen-bond acceptors (Lipinski definition) is 2. The zero-order chi connectivity index (χ0) is 16.2. The number of rotatable bonds is 5. The van der Waals surface area contributed by atoms with E-state index in [1.54, 1.807) is 0 Å². The minimum Gasteiger partial charge on any atom is -0.426 e. The molecule has 2 rings (SSSR count). The van der Waals surface area contributed by atoms with Crippen molar-refractivity contribution in [2.24, 2.45) is 5.73 Å². The summed E-state index contributed by atoms with van der Waals surface area (Å²) in [6.07, 6.45) is 0. The lowest BCUT2D eigenvalue weighted by atomic mass is 9.55. The van der Waals surface area contributed by atoms with Crippen molar-refractivity contribution in [1.29, 1.82) is 0 Å². The molecule has 0 radical (unpaired) electrons. The van der Waals surface area contributed by atoms with Crippen molar-refractivity contribution >= 4 is 29.4 Å². The summed E-state index contributed by atoms with van der Waals surface area (Å²) >= 11 is 5.98. The first-order chi connectivity index (χ1) is 10.4. The van der Waals surface area contributed by atoms with Crippen molar-refractivity contribution in [3.05, 3.63) is 59.1 Å². The van der Waals surface area contributed by atoms with Gasteiger partial charge in [0.1, 0.15) is 0 Å². The van der Waals surface area contributed by atoms with Crippen molar-refractivity contribution < 1.29 is 4.65 Å². The lowest BCUT2D eigenvalue weighted by molar-refractivity contribution is 0.344. The molecular formula is C18H23BClNO. The fraction of sp³-hybridized carbons (Fsp3) is 0.333. The number of hydrogen-bond donors (Lipinski definition) is 1. The van der Waals surface area contributed by atoms with Crippen molar-refractivity contribution in [1.82, 2.24) is 0 Å². The molecule has 0 amide bonds. The van der Waals surface area contributed by atoms with Crippen LogP contribution in [0.5, 0.6) is 0 Å². The van der Waals surface area contributed by atoms with Crippen LogP contribution in [0.3, 0.4) is 0 Å². The second kappa shape index (κ2) is 7.32. The Hall–Kier alpha value is -1.29. The maximum absolute atomic E-state index is 5.98. The van der Waals surface area contributed by atoms with Crippen LogP contribution in [0.25, 0.3) is 0 Å². The van der Waals surface area contributed by atoms with Gasteiger partial charge in [-0.25, -0.2) is 0 Å². The molecule has 0 aromatic heterocycles. The Morgan fingerprint density at radius 3 is 1.91 bits per heavy atom. The predicted molar refractivity (Wildman–Crippen MR) is 96.6 cm³/mol. The topological polar surface area (TPSA) is 35.2 Å². The Morgan fingerprint density at radius 1 is 0.955 bits per heavy atom. The molecular weight excluding hydrogens is 292 g/mol. The van der Waals surface area contributed by atoms with Crippen molar-refractivity contribution in [3.63, 3.8) is 0 Å². The smallest absolute Gasteiger partial charge is 0.361 e. The van der Waals surface area contributed by atoms with Crippen LogP contribution in [0, 0.1) is 0 Å². The summed E-state index contributed by atoms with van der Waals surface area (Å²) < 4.78 is 5.96. The molecule has 0 aliphatic heterocycles. The normalized spacial score (nSPS) is 11.5. The summed E-state index contributed by atoms with van der Waals surface area (Å²) in [7, 11) is 0. The van der Waals surface area contributed by atoms with Crippen LogP contribution in [0.1, 0.15) is 26.3 Å². The van der Waals surface area contributed by atoms with Gasteiger partial charge in [0, 0.05) is 18.2 Å². The van der Waals surface area contributed by atoms with Gasteiger partial charge in [0.15, 0.2) is 0 Å². The van der Waals surface area contributed by atoms with Crippen LogP contribution >= 0.6 is 11.6 Å². The summed E-state index contributed by atoms with van der Waals surface area (Å²) in [6.45, 7) is 7.55. The molecule has 0 heterocycles. The van der Waals surface area contributed by atoms with Gasteiger partial charge in [-0.2, -0.15) is 0 Å². The van der Waals surface area contributed by atoms with E-state index in [0.717, 1.165) is 15.9 Å². The summed E-state index contributed by atoms with van der Waals surface area (Å²) in [5.41, 5.74) is 9.26. The summed E-state index contributed by atoms with van der Waals surface area (Å²) in [5.74, 6) is 0. The summed E-state index contributed by atoms with van der Waals surface area (Å²) in [4.78, 5) is 0. The molecule has 2 nitrogen and oxygen atoms in total. The third-order valence-corrected chi connectivity index (χ3v) is 3.91. The molecule has 0 bridgehead atoms. The van der Waals surface area contributed by atoms with Gasteiger partial charge in [-0.15, -0.1) is 0 Å². The molecule has 0 aliphatic carbocycles. The van der Waals surface area contributed by atoms with Crippen molar-refractivity contribution in [3.8, 4) is 0 Å². The van der Waals surface area contributed by atoms with Crippen molar-refractivity contribution in [2.45, 2.75) is 26.2 Å². The van der Waals surface area contributed by atoms with Gasteiger partial charge in [-0.05, 0) is 34.0 Å². The highest BCUT2D eigenvalue weighted by atomic mass is 35.5. The minimum atomic E-state index is -0.116. The first-order valence-corrected chi connectivity index (χ1v) is 7.97. The fourth-order valence-corrected chi connectivity index (χ4v) is 2.49. The molecule has 0 saturated carbocycles. The van der Waals surface area contributed by atoms with Crippen LogP contribution < -0.4 is 16.7 Å². The Labute approximate surface area is 138 Å². The van der Waals surface area contributed by atoms with E-state index in [2.05, 4.69) is 45.0 Å². The van der Waals surface area contributed by atoms with Gasteiger partial charge in [-0.1, -0.05) is 68.8 Å². The van der Waals surface area contributed by atoms with Crippen LogP contribution in [-0.4, -0.2) is 20.1 Å². The van der Waals surface area contributed by atoms with Crippen LogP contribution in [-0.2, 0) is 10.1 Å². The standard InChI is InChI=1S/C18H23BClNO/c1-18(2,3)14-4-6-15(7-5-14)19(22-13-12-21)16-8-10-17(20)11-9-16/h4-11H,12-13,21H2,1-3H3. The molecule has 0 spiro atoms. The molecule has 0 fully saturated rings. The summed E-state index contributed by atoms with van der Waals surface area (Å²) in [6, 6.07) is 16.4. The van der Waals surface area contributed by atoms with E-state index >= 15 is 0 Å². The Morgan fingerprint density at radius 2 is 1.45 bits per heavy atom. The molecule has 22 heavy (non-hydrogen) atoms. The molecule has 0 unspecified atom stereocenters. The molecule has 0 aliphatic rings. The van der Waals surface area contributed by atoms with Gasteiger partial charge in [0.05, 0.1) is 0 Å². The van der Waals surface area contributed by atoms with Gasteiger partial charge < -0.3 is 10.4 Å². The zero-order valence-corrected chi connectivity index (χ0v) is 14.2. The van der Waals surface area contributed by atoms with Crippen LogP contribution in [0.15, 0.2) is 48.5 Å². The monoisotopic (exact) mass is 315 g/mol. The second-order valence-corrected chi connectivity index (χ2v) is 6.90. The first-order valence-electron chi connectivity index (χ1n) is 7.59. The van der Waals surface area contributed by atoms with Crippen LogP contribution in [0.4, 0.5) is 0 Å². The highest BCUT2D eigenvalue weighted by Crippen LogP contribution is 2.20. The largest absolute Gasteiger partial charge is 0.426 e. The molecule has 116 valence electrons. The highest BCUT2D eigenvalue weighted by molar-refractivity contribution is 6.80. The lowest BCUT2D eigenvalue weighted by Crippen LogP contribution is -2.45. The third-order valence-electron chi connectivity index (χ3n) is 3.65. The first kappa shape index (κ1) is 17.1. The van der Waals surface area contributed by atoms with Gasteiger partial charge in [-0.3, -0.25) is 0 Å². The maximum atomic E-state index is 5.98. The van der Waals surface area contributed by atoms with E-state index in [-0.39, 0.29) is 12.3 Å². The average molecular weight is 316 g/mol. The van der Waals surface area contributed by atoms with Gasteiger partial charge in [0.2, 0.25) is 0 Å². The van der Waals surface area contributed by atoms with Crippen LogP contribution in [0.2, 0.25) is 5.02 Å². The average Bonchev–Trinajstić information content (AvgIpc) is 2.49. The molecule has 2 N–H and O–H groups in total. The highest BCUT2D eigenvalue weighted by Gasteiger charge is 2.22. The van der Waals surface area contributed by atoms with E-state index in [4.69, 9.17) is 22.0 Å². The zero-order valence-electron chi connectivity index (χ0n) is 13.5. The quantitative estimate of drug-likeness (QED) is 0.861. The summed E-state index contributed by atoms with van der Waals surface area (Å²) in [5, 5.41) is 0.726. The fourth-order valence-electron chi connectivity index (χ4n) is 2.37. The number of benzene rings is 2. The van der Waals surface area contributed by atoms with Gasteiger partial charge >= 0.3 is 6.92 Å². The third kappa shape index (κ3) is 4.36. The van der Waals surface area contributed by atoms with E-state index in [1.807, 2.05) is 24.3 Å². The van der Waals surface area contributed by atoms with E-state index in [9.17, 15) is 0 Å². The lowest BCUT2D eigenvalue weighted by Gasteiger charge is -2.20. The number of halogens is 1. The van der Waals surface area contributed by atoms with E-state index < -0.39 is 0 Å². The molecule has 2 aromatic carbocycles. The number of nitrogens with two attached hydrogens (primary N) is 1. The SMILES string of the molecule is CC(C)(C)c1ccc(B(OCCN)c2ccc(Cl)cc2)cc1. The molecule has 4 heteroatoms. The second-order valence-electron chi connectivity index (χ2n) is 6.46. The Balaban J connectivity index is 2.30. The van der Waals surface area contributed by atoms with E-state index in [1.165, 1.54) is 5.56 Å². The van der Waals surface area contributed by atoms with Crippen molar-refractivity contribution in [2.75, 3.05) is 13.2 Å². The minimum absolute atomic E-state index is 0.116. The van der Waals surface area contributed by atoms with Gasteiger partial charge in [0.25, 0.3) is 0 Å². The Bertz CT molecular complexity index is 590. The molecule has 2 aromatic rings. The Kier molecular flexibility index (Phi) is 5.68. The molecule has 0 saturated heterocycles.